The van der Waals surface area contributed by atoms with Crippen LogP contribution in [0.1, 0.15) is 109 Å². The van der Waals surface area contributed by atoms with E-state index in [0.29, 0.717) is 18.5 Å². The molecular weight excluding hydrogens is 891 g/mol. The number of pyridine rings is 2. The summed E-state index contributed by atoms with van der Waals surface area (Å²) in [6.07, 6.45) is -5.06. The molecule has 12 rings (SSSR count). The Morgan fingerprint density at radius 3 is 1.48 bits per heavy atom. The van der Waals surface area contributed by atoms with Gasteiger partial charge in [-0.3, -0.25) is 23.9 Å². The number of carboxylic acid groups (broad SMARTS) is 1. The molecule has 360 valence electrons. The number of halogens is 6. The molecule has 13 nitrogen and oxygen atoms in total. The minimum Gasteiger partial charge on any atom is -0.477 e. The van der Waals surface area contributed by atoms with Gasteiger partial charge in [-0.1, -0.05) is 35.4 Å². The molecule has 8 saturated carbocycles. The van der Waals surface area contributed by atoms with Gasteiger partial charge in [0.1, 0.15) is 24.6 Å². The van der Waals surface area contributed by atoms with Gasteiger partial charge >= 0.3 is 18.7 Å². The van der Waals surface area contributed by atoms with Crippen LogP contribution in [0, 0.1) is 24.7 Å². The molecule has 2 aromatic heterocycles. The lowest BCUT2D eigenvalue weighted by Gasteiger charge is -2.70. The number of hydrogen-bond acceptors (Lipinski definition) is 11. The molecule has 0 spiro atoms. The minimum atomic E-state index is -4.63. The summed E-state index contributed by atoms with van der Waals surface area (Å²) in [4.78, 5) is 55.9. The summed E-state index contributed by atoms with van der Waals surface area (Å²) in [7, 11) is 0. The predicted octanol–water partition coefficient (Wildman–Crippen LogP) is 8.39. The number of nitrogens with two attached hydrogens (primary N) is 1. The first-order valence-electron chi connectivity index (χ1n) is 22.2. The van der Waals surface area contributed by atoms with Gasteiger partial charge in [-0.25, -0.2) is 14.8 Å². The second-order valence-corrected chi connectivity index (χ2v) is 19.9. The molecule has 1 amide bonds. The van der Waals surface area contributed by atoms with Crippen molar-refractivity contribution in [3.05, 3.63) is 83.2 Å². The number of nitrogens with one attached hydrogen (secondary N) is 1. The number of carboxylic acids is 1. The molecule has 8 aliphatic carbocycles. The Labute approximate surface area is 381 Å². The zero-order valence-corrected chi connectivity index (χ0v) is 36.9. The largest absolute Gasteiger partial charge is 0.522 e. The number of aryl methyl sites for hydroxylation is 2. The number of benzene rings is 2. The predicted molar refractivity (Wildman–Crippen MR) is 229 cm³/mol. The Hall–Kier alpha value is -5.08. The monoisotopic (exact) mass is 942 g/mol. The third-order valence-corrected chi connectivity index (χ3v) is 13.6. The summed E-state index contributed by atoms with van der Waals surface area (Å²) in [5.74, 6) is -1.23. The highest BCUT2D eigenvalue weighted by Crippen LogP contribution is 2.69. The number of nitrogens with zero attached hydrogens (tertiary/aromatic N) is 2. The van der Waals surface area contributed by atoms with Crippen LogP contribution in [-0.2, 0) is 28.5 Å². The van der Waals surface area contributed by atoms with Crippen molar-refractivity contribution in [3.63, 3.8) is 0 Å². The molecule has 2 heterocycles. The maximum Gasteiger partial charge on any atom is 0.522 e. The second kappa shape index (κ2) is 18.1. The van der Waals surface area contributed by atoms with Gasteiger partial charge in [0.05, 0.1) is 35.4 Å². The number of amides is 1. The number of Topliss-reactive ketones (excluding diaryl/α,β-unsaturated/α-hetero) is 2. The van der Waals surface area contributed by atoms with Crippen molar-refractivity contribution < 1.29 is 69.6 Å². The number of carbonyl (C=O) groups excluding carboxylic acids is 3. The van der Waals surface area contributed by atoms with Crippen molar-refractivity contribution >= 4 is 45.2 Å². The van der Waals surface area contributed by atoms with Crippen molar-refractivity contribution in [3.8, 4) is 0 Å². The summed E-state index contributed by atoms with van der Waals surface area (Å²) in [6, 6.07) is 18.5. The van der Waals surface area contributed by atoms with Crippen LogP contribution in [0.25, 0.3) is 21.8 Å². The van der Waals surface area contributed by atoms with Gasteiger partial charge in [-0.05, 0) is 99.6 Å². The first-order valence-corrected chi connectivity index (χ1v) is 22.2. The van der Waals surface area contributed by atoms with Gasteiger partial charge < -0.3 is 25.6 Å². The average Bonchev–Trinajstić information content (AvgIpc) is 3.16. The van der Waals surface area contributed by atoms with Gasteiger partial charge in [0, 0.05) is 60.4 Å². The topological polar surface area (TPSA) is 189 Å². The Kier molecular flexibility index (Phi) is 13.1. The maximum absolute atomic E-state index is 12.7. The number of hydrogen-bond donors (Lipinski definition) is 3. The van der Waals surface area contributed by atoms with E-state index in [1.54, 1.807) is 12.1 Å². The molecular formula is C48H52F6N4O9. The number of alkyl halides is 6. The third kappa shape index (κ3) is 11.8. The van der Waals surface area contributed by atoms with Crippen molar-refractivity contribution in [1.82, 2.24) is 15.3 Å². The molecule has 0 aliphatic heterocycles. The molecule has 8 fully saturated rings. The van der Waals surface area contributed by atoms with Crippen LogP contribution in [-0.4, -0.2) is 99.9 Å². The Bertz CT molecular complexity index is 2520. The number of fused-ring (bicyclic) bond motifs is 2. The average molecular weight is 943 g/mol. The highest BCUT2D eigenvalue weighted by atomic mass is 19.4. The Balaban J connectivity index is 0.000000151. The first-order chi connectivity index (χ1) is 31.4. The summed E-state index contributed by atoms with van der Waals surface area (Å²) < 4.78 is 90.7. The molecule has 4 bridgehead atoms. The molecule has 2 aromatic carbocycles. The van der Waals surface area contributed by atoms with Crippen LogP contribution in [0.5, 0.6) is 0 Å². The molecule has 0 saturated heterocycles. The first kappa shape index (κ1) is 48.4. The summed E-state index contributed by atoms with van der Waals surface area (Å²) in [5, 5.41) is 13.8. The van der Waals surface area contributed by atoms with E-state index in [1.807, 2.05) is 56.3 Å². The van der Waals surface area contributed by atoms with Gasteiger partial charge in [0.15, 0.2) is 11.6 Å². The lowest BCUT2D eigenvalue weighted by atomic mass is 9.38. The highest BCUT2D eigenvalue weighted by molar-refractivity contribution is 5.96. The van der Waals surface area contributed by atoms with Crippen LogP contribution in [0.4, 0.5) is 26.3 Å². The number of aromatic carboxylic acids is 1. The van der Waals surface area contributed by atoms with Crippen LogP contribution in [0.2, 0.25) is 0 Å². The number of ketones is 2. The fourth-order valence-corrected chi connectivity index (χ4v) is 10.9. The normalized spacial score (nSPS) is 29.7. The van der Waals surface area contributed by atoms with Crippen molar-refractivity contribution in [2.45, 2.75) is 139 Å². The zero-order valence-electron chi connectivity index (χ0n) is 36.9. The van der Waals surface area contributed by atoms with Crippen LogP contribution >= 0.6 is 0 Å². The number of rotatable bonds is 15. The van der Waals surface area contributed by atoms with Crippen LogP contribution in [0.3, 0.4) is 0 Å². The summed E-state index contributed by atoms with van der Waals surface area (Å²) in [5.41, 5.74) is 9.88. The van der Waals surface area contributed by atoms with E-state index in [-0.39, 0.29) is 96.2 Å². The van der Waals surface area contributed by atoms with Crippen LogP contribution in [0.15, 0.2) is 60.7 Å². The summed E-state index contributed by atoms with van der Waals surface area (Å²) >= 11 is 0. The molecule has 19 heteroatoms. The molecule has 4 aromatic rings. The number of ether oxygens (including phenoxy) is 4. The van der Waals surface area contributed by atoms with E-state index in [1.165, 1.54) is 6.07 Å². The fourth-order valence-electron chi connectivity index (χ4n) is 10.9. The summed E-state index contributed by atoms with van der Waals surface area (Å²) in [6.45, 7) is 3.89. The van der Waals surface area contributed by atoms with E-state index in [4.69, 9.17) is 20.3 Å². The SMILES string of the molecule is Cc1ccc2nc(C(=O)NC34CC(CC(=O)COC5CC(OC(F)(F)F)C5)(C3)C4)ccc2c1.Cc1ccc2nc(C(=O)O)ccc2c1.NC12CC(CC(=O)COC3CC(OC(F)(F)F)C3)(C1)C2. The quantitative estimate of drug-likeness (QED) is 0.0968. The van der Waals surface area contributed by atoms with E-state index in [2.05, 4.69) is 24.8 Å². The lowest BCUT2D eigenvalue weighted by molar-refractivity contribution is -0.358. The van der Waals surface area contributed by atoms with Crippen molar-refractivity contribution in [1.29, 1.82) is 0 Å². The van der Waals surface area contributed by atoms with E-state index < -0.39 is 30.9 Å². The maximum atomic E-state index is 12.7. The van der Waals surface area contributed by atoms with Gasteiger partial charge in [0.25, 0.3) is 5.91 Å². The molecule has 0 unspecified atom stereocenters. The Morgan fingerprint density at radius 2 is 1.06 bits per heavy atom. The number of aromatic nitrogens is 2. The minimum absolute atomic E-state index is 0.0112. The van der Waals surface area contributed by atoms with Crippen molar-refractivity contribution in [2.24, 2.45) is 16.6 Å². The van der Waals surface area contributed by atoms with Crippen molar-refractivity contribution in [2.75, 3.05) is 13.2 Å². The second-order valence-electron chi connectivity index (χ2n) is 19.9. The van der Waals surface area contributed by atoms with Gasteiger partial charge in [-0.15, -0.1) is 26.3 Å². The van der Waals surface area contributed by atoms with E-state index >= 15 is 0 Å². The molecule has 67 heavy (non-hydrogen) atoms. The van der Waals surface area contributed by atoms with E-state index in [0.717, 1.165) is 71.5 Å². The molecule has 8 aliphatic rings. The standard InChI is InChI=1S/C24H25F3N2O4.C13H18F3NO3.C11H9NO2/c1-14-2-4-19-15(6-14)3-5-20(28-19)21(31)29-23-11-22(12-23,13-23)9-16(30)10-32-17-7-18(8-17)33-24(25,26)27;14-13(15,16)20-10-1-9(2-10)19-4-8(18)3-11-5-12(17,6-11)7-11;1-7-2-4-9-8(6-7)3-5-10(12-9)11(13)14/h2-6,17-18H,7-13H2,1H3,(H,29,31);9-10H,1-7,17H2;2-6H,1H3,(H,13,14). The highest BCUT2D eigenvalue weighted by Gasteiger charge is 2.68. The Morgan fingerprint density at radius 1 is 0.642 bits per heavy atom. The van der Waals surface area contributed by atoms with Gasteiger partial charge in [0.2, 0.25) is 0 Å². The zero-order chi connectivity index (χ0) is 48.2. The van der Waals surface area contributed by atoms with Gasteiger partial charge in [-0.2, -0.15) is 0 Å². The molecule has 0 radical (unpaired) electrons. The smallest absolute Gasteiger partial charge is 0.477 e. The third-order valence-electron chi connectivity index (χ3n) is 13.6. The number of carbonyl (C=O) groups is 4. The lowest BCUT2D eigenvalue weighted by Crippen LogP contribution is -2.75. The van der Waals surface area contributed by atoms with Crippen LogP contribution < -0.4 is 11.1 Å². The molecule has 4 N–H and O–H groups in total. The molecule has 0 atom stereocenters. The fraction of sp³-hybridized carbons (Fsp3) is 0.542. The van der Waals surface area contributed by atoms with E-state index in [9.17, 15) is 45.5 Å².